The van der Waals surface area contributed by atoms with Crippen LogP contribution in [0.5, 0.6) is 23.1 Å². The van der Waals surface area contributed by atoms with Crippen molar-refractivity contribution < 1.29 is 42.8 Å². The third-order valence-electron chi connectivity index (χ3n) is 13.5. The number of esters is 1. The first-order valence-electron chi connectivity index (χ1n) is 23.0. The van der Waals surface area contributed by atoms with Crippen LogP contribution in [0.25, 0.3) is 31.8 Å². The fraction of sp³-hybridized carbons (Fsp3) is 0.400. The van der Waals surface area contributed by atoms with Gasteiger partial charge in [-0.25, -0.2) is 29.1 Å². The topological polar surface area (TPSA) is 162 Å². The fourth-order valence-corrected chi connectivity index (χ4v) is 11.4. The molecule has 2 saturated heterocycles. The van der Waals surface area contributed by atoms with Crippen molar-refractivity contribution in [1.82, 2.24) is 29.7 Å². The minimum atomic E-state index is -1.48. The number of fused-ring (bicyclic) bond motifs is 8. The summed E-state index contributed by atoms with van der Waals surface area (Å²) in [4.78, 5) is 52.1. The number of piperidine rings is 1. The van der Waals surface area contributed by atoms with Crippen LogP contribution in [-0.4, -0.2) is 125 Å². The normalized spacial score (nSPS) is 21.5. The van der Waals surface area contributed by atoms with E-state index in [9.17, 15) is 19.1 Å². The van der Waals surface area contributed by atoms with E-state index in [1.807, 2.05) is 20.8 Å². The zero-order chi connectivity index (χ0) is 48.1. The molecule has 1 N–H and O–H groups in total. The number of piperazine rings is 1. The van der Waals surface area contributed by atoms with Crippen LogP contribution in [-0.2, 0) is 27.4 Å². The first-order valence-corrected chi connectivity index (χ1v) is 24.5. The number of aromatic nitrogens is 4. The predicted octanol–water partition coefficient (Wildman–Crippen LogP) is 8.16. The SMILES string of the molecule is CCOC(=O)C1[C@H]2CN(c3nccc(COc4ccc5cc4C[C@H](C(=O)O)Oc4ncnc6sc(-c7ccc(F)cc7)c(c46)-c4c(C)c(Cl)c(c(Cl)c4C)O[C@H](CN4CCN(C)CC4)CO5)n3)C[C@@H]12. The monoisotopic (exact) mass is 997 g/mol. The highest BCUT2D eigenvalue weighted by Crippen LogP contribution is 2.54. The number of benzene rings is 3. The molecule has 0 amide bonds. The molecule has 3 aromatic heterocycles. The first-order chi connectivity index (χ1) is 33.3. The number of nitrogens with zero attached hydrogens (tertiary/aromatic N) is 7. The molecule has 0 radical (unpaired) electrons. The van der Waals surface area contributed by atoms with Crippen molar-refractivity contribution in [1.29, 1.82) is 0 Å². The van der Waals surface area contributed by atoms with Crippen LogP contribution in [0.15, 0.2) is 61.1 Å². The molecular formula is C50H50Cl2FN7O8S. The number of hydrogen-bond acceptors (Lipinski definition) is 15. The van der Waals surface area contributed by atoms with Gasteiger partial charge in [-0.15, -0.1) is 11.3 Å². The van der Waals surface area contributed by atoms with Crippen molar-refractivity contribution in [3.63, 3.8) is 0 Å². The third kappa shape index (κ3) is 9.46. The fourth-order valence-electron chi connectivity index (χ4n) is 9.76. The summed E-state index contributed by atoms with van der Waals surface area (Å²) in [5.74, 6) is 0.282. The van der Waals surface area contributed by atoms with Crippen molar-refractivity contribution in [2.45, 2.75) is 46.0 Å². The number of aliphatic carboxylic acids is 1. The Morgan fingerprint density at radius 2 is 1.68 bits per heavy atom. The van der Waals surface area contributed by atoms with Gasteiger partial charge in [0.25, 0.3) is 0 Å². The molecule has 1 aliphatic carbocycles. The Morgan fingerprint density at radius 1 is 0.942 bits per heavy atom. The first kappa shape index (κ1) is 46.9. The predicted molar refractivity (Wildman–Crippen MR) is 259 cm³/mol. The van der Waals surface area contributed by atoms with Gasteiger partial charge in [-0.2, -0.15) is 0 Å². The molecule has 1 unspecified atom stereocenters. The number of carboxylic acids is 1. The lowest BCUT2D eigenvalue weighted by molar-refractivity contribution is -0.146. The molecule has 7 heterocycles. The summed E-state index contributed by atoms with van der Waals surface area (Å²) < 4.78 is 46.0. The number of carbonyl (C=O) groups excluding carboxylic acids is 1. The quantitative estimate of drug-likeness (QED) is 0.131. The molecule has 1 saturated carbocycles. The number of carboxylic acid groups (broad SMARTS) is 1. The molecule has 15 nitrogen and oxygen atoms in total. The average Bonchev–Trinajstić information content (AvgIpc) is 3.61. The Bertz CT molecular complexity index is 2900. The summed E-state index contributed by atoms with van der Waals surface area (Å²) in [6.45, 7) is 11.3. The summed E-state index contributed by atoms with van der Waals surface area (Å²) in [5, 5.41) is 11.9. The molecule has 3 aromatic carbocycles. The second-order valence-electron chi connectivity index (χ2n) is 18.0. The van der Waals surface area contributed by atoms with Gasteiger partial charge in [0.2, 0.25) is 17.9 Å². The van der Waals surface area contributed by atoms with Crippen LogP contribution >= 0.6 is 34.5 Å². The number of carbonyl (C=O) groups is 2. The van der Waals surface area contributed by atoms with Gasteiger partial charge in [-0.3, -0.25) is 9.69 Å². The van der Waals surface area contributed by atoms with E-state index in [0.29, 0.717) is 114 Å². The molecule has 19 heteroatoms. The highest BCUT2D eigenvalue weighted by molar-refractivity contribution is 7.22. The van der Waals surface area contributed by atoms with Gasteiger partial charge in [0.05, 0.1) is 33.7 Å². The molecule has 11 rings (SSSR count). The standard InChI is InChI=1S/C50H50Cl2FN7O8S/c1-5-64-49(63)39-34-21-60(22-35(34)39)50-54-13-12-31(57-50)23-66-36-11-10-32-18-29(36)19-37(48(61)62)68-46-41-40(45(69-47(41)56-25-55-46)28-6-8-30(53)9-7-28)38-26(2)42(51)44(43(52)27(38)3)67-33(24-65-32)20-59-16-14-58(4)15-17-59/h6-13,18,25,33-35,37,39H,5,14-17,19-24H2,1-4H3,(H,61,62)/t33-,34-,35+,37-,39?/m1/s1. The molecule has 3 fully saturated rings. The van der Waals surface area contributed by atoms with Crippen molar-refractivity contribution in [3.8, 4) is 44.7 Å². The van der Waals surface area contributed by atoms with Gasteiger partial charge in [0.15, 0.2) is 5.75 Å². The largest absolute Gasteiger partial charge is 0.490 e. The van der Waals surface area contributed by atoms with E-state index in [0.717, 1.165) is 26.2 Å². The Kier molecular flexibility index (Phi) is 13.2. The van der Waals surface area contributed by atoms with Crippen LogP contribution in [0, 0.1) is 37.4 Å². The Morgan fingerprint density at radius 3 is 2.39 bits per heavy atom. The minimum Gasteiger partial charge on any atom is -0.490 e. The number of thiophene rings is 1. The molecule has 4 aliphatic heterocycles. The van der Waals surface area contributed by atoms with Crippen LogP contribution in [0.3, 0.4) is 0 Å². The maximum absolute atomic E-state index is 14.4. The van der Waals surface area contributed by atoms with Crippen molar-refractivity contribution >= 4 is 62.6 Å². The van der Waals surface area contributed by atoms with Crippen molar-refractivity contribution in [3.05, 3.63) is 99.3 Å². The molecule has 69 heavy (non-hydrogen) atoms. The number of halogens is 3. The number of hydrogen-bond donors (Lipinski definition) is 1. The highest BCUT2D eigenvalue weighted by Gasteiger charge is 2.60. The lowest BCUT2D eigenvalue weighted by Gasteiger charge is -2.35. The molecule has 5 aliphatic rings. The number of ether oxygens (including phenoxy) is 5. The highest BCUT2D eigenvalue weighted by atomic mass is 35.5. The van der Waals surface area contributed by atoms with Crippen LogP contribution < -0.4 is 23.8 Å². The summed E-state index contributed by atoms with van der Waals surface area (Å²) >= 11 is 16.0. The summed E-state index contributed by atoms with van der Waals surface area (Å²) in [5.41, 5.74) is 4.34. The lowest BCUT2D eigenvalue weighted by atomic mass is 9.92. The second-order valence-corrected chi connectivity index (χ2v) is 19.7. The zero-order valence-electron chi connectivity index (χ0n) is 38.4. The van der Waals surface area contributed by atoms with Crippen LogP contribution in [0.2, 0.25) is 10.0 Å². The number of anilines is 1. The summed E-state index contributed by atoms with van der Waals surface area (Å²) in [6, 6.07) is 13.1. The van der Waals surface area contributed by atoms with E-state index in [1.54, 1.807) is 42.6 Å². The van der Waals surface area contributed by atoms with Crippen molar-refractivity contribution in [2.24, 2.45) is 17.8 Å². The van der Waals surface area contributed by atoms with E-state index < -0.39 is 24.0 Å². The molecule has 360 valence electrons. The number of rotatable bonds is 10. The van der Waals surface area contributed by atoms with Gasteiger partial charge < -0.3 is 38.6 Å². The van der Waals surface area contributed by atoms with E-state index in [1.165, 1.54) is 29.8 Å². The molecule has 0 spiro atoms. The van der Waals surface area contributed by atoms with Gasteiger partial charge in [-0.1, -0.05) is 35.3 Å². The molecule has 4 bridgehead atoms. The molecule has 5 atom stereocenters. The minimum absolute atomic E-state index is 0.0199. The van der Waals surface area contributed by atoms with Gasteiger partial charge in [0.1, 0.15) is 47.8 Å². The number of likely N-dealkylation sites (N-methyl/N-ethyl adjacent to an activating group) is 1. The van der Waals surface area contributed by atoms with Gasteiger partial charge in [0, 0.05) is 74.4 Å². The van der Waals surface area contributed by atoms with Gasteiger partial charge >= 0.3 is 11.9 Å². The average molecular weight is 999 g/mol. The van der Waals surface area contributed by atoms with Gasteiger partial charge in [-0.05, 0) is 98.3 Å². The Hall–Kier alpha value is -5.85. The smallest absolute Gasteiger partial charge is 0.345 e. The van der Waals surface area contributed by atoms with Crippen LogP contribution in [0.1, 0.15) is 29.3 Å². The van der Waals surface area contributed by atoms with E-state index >= 15 is 0 Å². The van der Waals surface area contributed by atoms with Crippen molar-refractivity contribution in [2.75, 3.05) is 71.0 Å². The lowest BCUT2D eigenvalue weighted by Crippen LogP contribution is -2.49. The maximum Gasteiger partial charge on any atom is 0.345 e. The third-order valence-corrected chi connectivity index (χ3v) is 15.5. The molecular weight excluding hydrogens is 949 g/mol. The maximum atomic E-state index is 14.4. The van der Waals surface area contributed by atoms with E-state index in [4.69, 9.17) is 51.9 Å². The van der Waals surface area contributed by atoms with E-state index in [-0.39, 0.29) is 49.2 Å². The Labute approximate surface area is 412 Å². The Balaban J connectivity index is 1.03. The zero-order valence-corrected chi connectivity index (χ0v) is 40.7. The molecule has 6 aromatic rings. The van der Waals surface area contributed by atoms with E-state index in [2.05, 4.69) is 36.7 Å². The second kappa shape index (κ2) is 19.5. The summed E-state index contributed by atoms with van der Waals surface area (Å²) in [7, 11) is 2.10. The summed E-state index contributed by atoms with van der Waals surface area (Å²) in [6.07, 6.45) is 0.829. The van der Waals surface area contributed by atoms with Crippen LogP contribution in [0.4, 0.5) is 10.3 Å².